The summed E-state index contributed by atoms with van der Waals surface area (Å²) in [5.41, 5.74) is 1.10. The fraction of sp³-hybridized carbons (Fsp3) is 0.538. The molecule has 1 aliphatic heterocycles. The van der Waals surface area contributed by atoms with E-state index in [4.69, 9.17) is 4.74 Å². The lowest BCUT2D eigenvalue weighted by molar-refractivity contribution is -0.0683. The smallest absolute Gasteiger partial charge is 0.117 e. The van der Waals surface area contributed by atoms with Crippen LogP contribution in [0, 0.1) is 0 Å². The summed E-state index contributed by atoms with van der Waals surface area (Å²) in [5.74, 6) is 0. The van der Waals surface area contributed by atoms with E-state index in [1.807, 2.05) is 6.07 Å². The lowest BCUT2D eigenvalue weighted by atomic mass is 10.0. The molecule has 0 aliphatic carbocycles. The fourth-order valence-corrected chi connectivity index (χ4v) is 2.18. The molecule has 0 saturated carbocycles. The molecular weight excluding hydrogens is 186 g/mol. The van der Waals surface area contributed by atoms with Crippen molar-refractivity contribution in [1.82, 2.24) is 4.90 Å². The molecular formula is C13H19NO. The second-order valence-corrected chi connectivity index (χ2v) is 4.75. The molecule has 15 heavy (non-hydrogen) atoms. The first-order valence-corrected chi connectivity index (χ1v) is 5.48. The van der Waals surface area contributed by atoms with Crippen molar-refractivity contribution in [2.75, 3.05) is 7.05 Å². The molecule has 2 heteroatoms. The second-order valence-electron chi connectivity index (χ2n) is 4.75. The molecule has 0 radical (unpaired) electrons. The quantitative estimate of drug-likeness (QED) is 0.699. The minimum Gasteiger partial charge on any atom is -0.351 e. The minimum atomic E-state index is -0.167. The third-order valence-electron chi connectivity index (χ3n) is 3.44. The predicted molar refractivity (Wildman–Crippen MR) is 61.6 cm³/mol. The molecule has 1 fully saturated rings. The van der Waals surface area contributed by atoms with Gasteiger partial charge in [-0.2, -0.15) is 0 Å². The summed E-state index contributed by atoms with van der Waals surface area (Å²) in [7, 11) is 2.12. The first kappa shape index (κ1) is 10.7. The molecule has 0 bridgehead atoms. The Morgan fingerprint density at radius 3 is 2.27 bits per heavy atom. The standard InChI is InChI=1S/C13H19NO/c1-10-12(11-8-6-5-7-9-11)15-13(2,3)14(10)4/h5-10,12H,1-4H3/t10-,12-/m0/s1. The summed E-state index contributed by atoms with van der Waals surface area (Å²) in [4.78, 5) is 2.28. The summed E-state index contributed by atoms with van der Waals surface area (Å²) >= 11 is 0. The van der Waals surface area contributed by atoms with Crippen molar-refractivity contribution in [1.29, 1.82) is 0 Å². The zero-order chi connectivity index (χ0) is 11.1. The topological polar surface area (TPSA) is 12.5 Å². The van der Waals surface area contributed by atoms with Gasteiger partial charge in [-0.25, -0.2) is 0 Å². The van der Waals surface area contributed by atoms with Crippen LogP contribution in [0.1, 0.15) is 32.4 Å². The number of rotatable bonds is 1. The van der Waals surface area contributed by atoms with Gasteiger partial charge in [0.15, 0.2) is 0 Å². The highest BCUT2D eigenvalue weighted by Gasteiger charge is 2.42. The normalized spacial score (nSPS) is 30.7. The van der Waals surface area contributed by atoms with E-state index >= 15 is 0 Å². The van der Waals surface area contributed by atoms with Crippen molar-refractivity contribution in [3.05, 3.63) is 35.9 Å². The average Bonchev–Trinajstić information content (AvgIpc) is 2.44. The Labute approximate surface area is 91.9 Å². The number of ether oxygens (including phenoxy) is 1. The number of nitrogens with zero attached hydrogens (tertiary/aromatic N) is 1. The molecule has 0 aromatic heterocycles. The summed E-state index contributed by atoms with van der Waals surface area (Å²) in [6, 6.07) is 10.9. The SMILES string of the molecule is C[C@H]1[C@@H](c2ccccc2)OC(C)(C)N1C. The maximum atomic E-state index is 6.09. The minimum absolute atomic E-state index is 0.167. The van der Waals surface area contributed by atoms with E-state index in [1.165, 1.54) is 5.56 Å². The van der Waals surface area contributed by atoms with Crippen LogP contribution in [-0.2, 0) is 4.74 Å². The third kappa shape index (κ3) is 1.80. The monoisotopic (exact) mass is 205 g/mol. The lowest BCUT2D eigenvalue weighted by Gasteiger charge is -2.27. The van der Waals surface area contributed by atoms with Crippen LogP contribution < -0.4 is 0 Å². The molecule has 2 nitrogen and oxygen atoms in total. The van der Waals surface area contributed by atoms with Crippen molar-refractivity contribution >= 4 is 0 Å². The fourth-order valence-electron chi connectivity index (χ4n) is 2.18. The van der Waals surface area contributed by atoms with E-state index in [0.717, 1.165) is 0 Å². The van der Waals surface area contributed by atoms with Crippen LogP contribution in [-0.4, -0.2) is 23.7 Å². The van der Waals surface area contributed by atoms with Gasteiger partial charge < -0.3 is 4.74 Å². The van der Waals surface area contributed by atoms with E-state index in [1.54, 1.807) is 0 Å². The van der Waals surface area contributed by atoms with E-state index in [0.29, 0.717) is 6.04 Å². The summed E-state index contributed by atoms with van der Waals surface area (Å²) in [6.07, 6.45) is 0.186. The van der Waals surface area contributed by atoms with E-state index in [2.05, 4.69) is 57.0 Å². The first-order valence-electron chi connectivity index (χ1n) is 5.48. The van der Waals surface area contributed by atoms with Gasteiger partial charge in [0.05, 0.1) is 0 Å². The summed E-state index contributed by atoms with van der Waals surface area (Å²) < 4.78 is 6.09. The van der Waals surface area contributed by atoms with Crippen LogP contribution in [0.25, 0.3) is 0 Å². The molecule has 0 N–H and O–H groups in total. The molecule has 1 aromatic carbocycles. The Bertz CT molecular complexity index is 334. The molecule has 2 atom stereocenters. The zero-order valence-electron chi connectivity index (χ0n) is 9.90. The van der Waals surface area contributed by atoms with E-state index in [-0.39, 0.29) is 11.8 Å². The Morgan fingerprint density at radius 2 is 1.80 bits per heavy atom. The highest BCUT2D eigenvalue weighted by molar-refractivity contribution is 5.20. The van der Waals surface area contributed by atoms with Crippen LogP contribution in [0.2, 0.25) is 0 Å². The van der Waals surface area contributed by atoms with Gasteiger partial charge in [-0.1, -0.05) is 30.3 Å². The first-order chi connectivity index (χ1) is 7.02. The molecule has 1 heterocycles. The Balaban J connectivity index is 2.27. The van der Waals surface area contributed by atoms with Gasteiger partial charge in [0.1, 0.15) is 11.8 Å². The average molecular weight is 205 g/mol. The van der Waals surface area contributed by atoms with Gasteiger partial charge in [0, 0.05) is 6.04 Å². The van der Waals surface area contributed by atoms with Crippen LogP contribution >= 0.6 is 0 Å². The van der Waals surface area contributed by atoms with Gasteiger partial charge in [-0.3, -0.25) is 4.90 Å². The van der Waals surface area contributed by atoms with Crippen molar-refractivity contribution in [2.24, 2.45) is 0 Å². The molecule has 82 valence electrons. The second kappa shape index (κ2) is 3.62. The van der Waals surface area contributed by atoms with Crippen LogP contribution in [0.4, 0.5) is 0 Å². The maximum Gasteiger partial charge on any atom is 0.117 e. The zero-order valence-corrected chi connectivity index (χ0v) is 9.90. The van der Waals surface area contributed by atoms with Crippen molar-refractivity contribution in [3.63, 3.8) is 0 Å². The van der Waals surface area contributed by atoms with Crippen LogP contribution in [0.5, 0.6) is 0 Å². The molecule has 2 rings (SSSR count). The van der Waals surface area contributed by atoms with Gasteiger partial charge >= 0.3 is 0 Å². The highest BCUT2D eigenvalue weighted by atomic mass is 16.5. The Hall–Kier alpha value is -0.860. The van der Waals surface area contributed by atoms with Crippen LogP contribution in [0.15, 0.2) is 30.3 Å². The van der Waals surface area contributed by atoms with Gasteiger partial charge in [-0.15, -0.1) is 0 Å². The number of benzene rings is 1. The molecule has 0 unspecified atom stereocenters. The predicted octanol–water partition coefficient (Wildman–Crippen LogP) is 2.81. The van der Waals surface area contributed by atoms with Gasteiger partial charge in [-0.05, 0) is 33.4 Å². The molecule has 1 aromatic rings. The van der Waals surface area contributed by atoms with Crippen LogP contribution in [0.3, 0.4) is 0 Å². The van der Waals surface area contributed by atoms with Crippen molar-refractivity contribution in [3.8, 4) is 0 Å². The maximum absolute atomic E-state index is 6.09. The number of hydrogen-bond donors (Lipinski definition) is 0. The van der Waals surface area contributed by atoms with E-state index in [9.17, 15) is 0 Å². The summed E-state index contributed by atoms with van der Waals surface area (Å²) in [5, 5.41) is 0. The third-order valence-corrected chi connectivity index (χ3v) is 3.44. The van der Waals surface area contributed by atoms with E-state index < -0.39 is 0 Å². The summed E-state index contributed by atoms with van der Waals surface area (Å²) in [6.45, 7) is 6.45. The highest BCUT2D eigenvalue weighted by Crippen LogP contribution is 2.39. The number of likely N-dealkylation sites (N-methyl/N-ethyl adjacent to an activating group) is 1. The molecule has 1 saturated heterocycles. The molecule has 0 spiro atoms. The number of hydrogen-bond acceptors (Lipinski definition) is 2. The Kier molecular flexibility index (Phi) is 2.57. The molecule has 0 amide bonds. The van der Waals surface area contributed by atoms with Gasteiger partial charge in [0.25, 0.3) is 0 Å². The Morgan fingerprint density at radius 1 is 1.20 bits per heavy atom. The van der Waals surface area contributed by atoms with Crippen molar-refractivity contribution in [2.45, 2.75) is 38.6 Å². The van der Waals surface area contributed by atoms with Crippen molar-refractivity contribution < 1.29 is 4.74 Å². The molecule has 1 aliphatic rings. The van der Waals surface area contributed by atoms with Gasteiger partial charge in [0.2, 0.25) is 0 Å². The largest absolute Gasteiger partial charge is 0.351 e. The lowest BCUT2D eigenvalue weighted by Crippen LogP contribution is -2.39.